The van der Waals surface area contributed by atoms with E-state index in [1.165, 1.54) is 0 Å². The first-order chi connectivity index (χ1) is 10.7. The van der Waals surface area contributed by atoms with Crippen molar-refractivity contribution < 1.29 is 4.79 Å². The van der Waals surface area contributed by atoms with Crippen LogP contribution < -0.4 is 5.32 Å². The number of rotatable bonds is 5. The molecule has 1 atom stereocenters. The Kier molecular flexibility index (Phi) is 4.32. The van der Waals surface area contributed by atoms with E-state index in [1.54, 1.807) is 23.1 Å². The molecule has 1 N–H and O–H groups in total. The van der Waals surface area contributed by atoms with Crippen LogP contribution in [0.3, 0.4) is 0 Å². The van der Waals surface area contributed by atoms with Gasteiger partial charge in [0.2, 0.25) is 11.9 Å². The minimum Gasteiger partial charge on any atom is -0.354 e. The number of likely N-dealkylation sites (tertiary alicyclic amines) is 1. The van der Waals surface area contributed by atoms with Gasteiger partial charge in [0.15, 0.2) is 0 Å². The fourth-order valence-corrected chi connectivity index (χ4v) is 2.84. The van der Waals surface area contributed by atoms with Gasteiger partial charge in [0, 0.05) is 50.7 Å². The normalized spacial score (nSPS) is 17.7. The van der Waals surface area contributed by atoms with E-state index < -0.39 is 0 Å². The standard InChI is InChI=1S/C15H20N6O/c1-20-11-12(10-19-20)13-4-2-9-21(13)14(22)5-8-18-15-16-6-3-7-17-15/h3,6-7,10-11,13H,2,4-5,8-9H2,1H3,(H,16,17,18)/t13-/m1/s1. The third-order valence-electron chi connectivity index (χ3n) is 3.87. The van der Waals surface area contributed by atoms with Gasteiger partial charge in [-0.05, 0) is 18.9 Å². The Morgan fingerprint density at radius 2 is 2.23 bits per heavy atom. The molecule has 7 nitrogen and oxygen atoms in total. The molecule has 3 heterocycles. The Labute approximate surface area is 129 Å². The van der Waals surface area contributed by atoms with E-state index in [0.717, 1.165) is 24.9 Å². The summed E-state index contributed by atoms with van der Waals surface area (Å²) in [6.07, 6.45) is 9.69. The highest BCUT2D eigenvalue weighted by Gasteiger charge is 2.30. The largest absolute Gasteiger partial charge is 0.354 e. The fraction of sp³-hybridized carbons (Fsp3) is 0.467. The van der Waals surface area contributed by atoms with Crippen LogP contribution in [-0.4, -0.2) is 43.6 Å². The summed E-state index contributed by atoms with van der Waals surface area (Å²) in [7, 11) is 1.90. The van der Waals surface area contributed by atoms with Crippen LogP contribution in [0.2, 0.25) is 0 Å². The molecule has 1 saturated heterocycles. The molecule has 0 spiro atoms. The Morgan fingerprint density at radius 1 is 1.41 bits per heavy atom. The van der Waals surface area contributed by atoms with Crippen molar-refractivity contribution in [1.82, 2.24) is 24.6 Å². The zero-order valence-corrected chi connectivity index (χ0v) is 12.6. The van der Waals surface area contributed by atoms with Crippen LogP contribution in [0.25, 0.3) is 0 Å². The minimum atomic E-state index is 0.161. The van der Waals surface area contributed by atoms with E-state index in [-0.39, 0.29) is 11.9 Å². The number of amides is 1. The number of carbonyl (C=O) groups is 1. The highest BCUT2D eigenvalue weighted by molar-refractivity contribution is 5.77. The SMILES string of the molecule is Cn1cc([C@H]2CCCN2C(=O)CCNc2ncccn2)cn1. The van der Waals surface area contributed by atoms with E-state index in [1.807, 2.05) is 24.3 Å². The molecule has 1 amide bonds. The van der Waals surface area contributed by atoms with Gasteiger partial charge in [-0.15, -0.1) is 0 Å². The number of nitrogens with zero attached hydrogens (tertiary/aromatic N) is 5. The lowest BCUT2D eigenvalue weighted by Crippen LogP contribution is -2.31. The number of aryl methyl sites for hydroxylation is 1. The lowest BCUT2D eigenvalue weighted by molar-refractivity contribution is -0.131. The van der Waals surface area contributed by atoms with E-state index >= 15 is 0 Å². The van der Waals surface area contributed by atoms with Crippen molar-refractivity contribution in [3.63, 3.8) is 0 Å². The van der Waals surface area contributed by atoms with Crippen LogP contribution in [0.5, 0.6) is 0 Å². The number of carbonyl (C=O) groups excluding carboxylic acids is 1. The highest BCUT2D eigenvalue weighted by atomic mass is 16.2. The molecule has 0 bridgehead atoms. The second kappa shape index (κ2) is 6.55. The first kappa shape index (κ1) is 14.5. The Balaban J connectivity index is 1.55. The molecule has 0 aromatic carbocycles. The fourth-order valence-electron chi connectivity index (χ4n) is 2.84. The van der Waals surface area contributed by atoms with Crippen LogP contribution in [0.15, 0.2) is 30.9 Å². The van der Waals surface area contributed by atoms with Gasteiger partial charge in [0.05, 0.1) is 12.2 Å². The van der Waals surface area contributed by atoms with Crippen molar-refractivity contribution in [2.24, 2.45) is 7.05 Å². The Hall–Kier alpha value is -2.44. The molecule has 2 aromatic rings. The molecule has 1 fully saturated rings. The minimum absolute atomic E-state index is 0.161. The predicted molar refractivity (Wildman–Crippen MR) is 82.0 cm³/mol. The zero-order chi connectivity index (χ0) is 15.4. The van der Waals surface area contributed by atoms with Crippen LogP contribution in [0.1, 0.15) is 30.9 Å². The predicted octanol–water partition coefficient (Wildman–Crippen LogP) is 1.38. The Morgan fingerprint density at radius 3 is 2.95 bits per heavy atom. The lowest BCUT2D eigenvalue weighted by atomic mass is 10.1. The molecule has 3 rings (SSSR count). The van der Waals surface area contributed by atoms with E-state index in [4.69, 9.17) is 0 Å². The quantitative estimate of drug-likeness (QED) is 0.902. The summed E-state index contributed by atoms with van der Waals surface area (Å²) in [6.45, 7) is 1.36. The summed E-state index contributed by atoms with van der Waals surface area (Å²) in [5.74, 6) is 0.718. The number of aromatic nitrogens is 4. The molecular weight excluding hydrogens is 280 g/mol. The van der Waals surface area contributed by atoms with Gasteiger partial charge in [-0.3, -0.25) is 9.48 Å². The first-order valence-electron chi connectivity index (χ1n) is 7.53. The van der Waals surface area contributed by atoms with Crippen LogP contribution in [0, 0.1) is 0 Å². The Bertz CT molecular complexity index is 626. The van der Waals surface area contributed by atoms with Crippen molar-refractivity contribution in [3.8, 4) is 0 Å². The second-order valence-corrected chi connectivity index (χ2v) is 5.44. The molecule has 0 unspecified atom stereocenters. The van der Waals surface area contributed by atoms with E-state index in [0.29, 0.717) is 18.9 Å². The third-order valence-corrected chi connectivity index (χ3v) is 3.87. The molecule has 1 aliphatic rings. The van der Waals surface area contributed by atoms with Gasteiger partial charge >= 0.3 is 0 Å². The van der Waals surface area contributed by atoms with Gasteiger partial charge in [0.25, 0.3) is 0 Å². The number of hydrogen-bond acceptors (Lipinski definition) is 5. The molecule has 0 aliphatic carbocycles. The van der Waals surface area contributed by atoms with Crippen molar-refractivity contribution in [2.75, 3.05) is 18.4 Å². The number of nitrogens with one attached hydrogen (secondary N) is 1. The molecule has 116 valence electrons. The first-order valence-corrected chi connectivity index (χ1v) is 7.53. The van der Waals surface area contributed by atoms with Gasteiger partial charge in [-0.2, -0.15) is 5.10 Å². The summed E-state index contributed by atoms with van der Waals surface area (Å²) in [5.41, 5.74) is 1.12. The summed E-state index contributed by atoms with van der Waals surface area (Å²) >= 11 is 0. The van der Waals surface area contributed by atoms with Crippen LogP contribution in [0.4, 0.5) is 5.95 Å². The maximum absolute atomic E-state index is 12.4. The van der Waals surface area contributed by atoms with Crippen LogP contribution in [-0.2, 0) is 11.8 Å². The lowest BCUT2D eigenvalue weighted by Gasteiger charge is -2.24. The highest BCUT2D eigenvalue weighted by Crippen LogP contribution is 2.31. The summed E-state index contributed by atoms with van der Waals surface area (Å²) in [6, 6.07) is 1.92. The maximum Gasteiger partial charge on any atom is 0.224 e. The van der Waals surface area contributed by atoms with Crippen molar-refractivity contribution in [1.29, 1.82) is 0 Å². The van der Waals surface area contributed by atoms with Gasteiger partial charge < -0.3 is 10.2 Å². The molecule has 1 aliphatic heterocycles. The van der Waals surface area contributed by atoms with E-state index in [9.17, 15) is 4.79 Å². The molecule has 2 aromatic heterocycles. The second-order valence-electron chi connectivity index (χ2n) is 5.44. The molecule has 0 radical (unpaired) electrons. The van der Waals surface area contributed by atoms with Crippen molar-refractivity contribution >= 4 is 11.9 Å². The number of hydrogen-bond donors (Lipinski definition) is 1. The topological polar surface area (TPSA) is 75.9 Å². The molecule has 22 heavy (non-hydrogen) atoms. The van der Waals surface area contributed by atoms with Gasteiger partial charge in [0.1, 0.15) is 0 Å². The van der Waals surface area contributed by atoms with Gasteiger partial charge in [-0.25, -0.2) is 9.97 Å². The summed E-state index contributed by atoms with van der Waals surface area (Å²) in [4.78, 5) is 22.6. The number of anilines is 1. The summed E-state index contributed by atoms with van der Waals surface area (Å²) < 4.78 is 1.78. The summed E-state index contributed by atoms with van der Waals surface area (Å²) in [5, 5.41) is 7.28. The molecule has 0 saturated carbocycles. The third kappa shape index (κ3) is 3.24. The zero-order valence-electron chi connectivity index (χ0n) is 12.6. The van der Waals surface area contributed by atoms with Crippen LogP contribution >= 0.6 is 0 Å². The maximum atomic E-state index is 12.4. The van der Waals surface area contributed by atoms with Crippen molar-refractivity contribution in [3.05, 3.63) is 36.4 Å². The monoisotopic (exact) mass is 300 g/mol. The molecule has 7 heteroatoms. The van der Waals surface area contributed by atoms with Crippen molar-refractivity contribution in [2.45, 2.75) is 25.3 Å². The average Bonchev–Trinajstić information content (AvgIpc) is 3.16. The average molecular weight is 300 g/mol. The molecular formula is C15H20N6O. The van der Waals surface area contributed by atoms with E-state index in [2.05, 4.69) is 20.4 Å². The smallest absolute Gasteiger partial charge is 0.224 e. The van der Waals surface area contributed by atoms with Gasteiger partial charge in [-0.1, -0.05) is 0 Å².